The molecule has 2 aromatic rings. The highest BCUT2D eigenvalue weighted by atomic mass is 16.2. The Bertz CT molecular complexity index is 893. The predicted octanol–water partition coefficient (Wildman–Crippen LogP) is 4.73. The van der Waals surface area contributed by atoms with Crippen LogP contribution < -0.4 is 5.73 Å². The number of piperidine rings is 1. The second-order valence-electron chi connectivity index (χ2n) is 8.63. The minimum Gasteiger partial charge on any atom is -0.369 e. The number of aryl methyl sites for hydroxylation is 1. The molecular weight excluding hydrogens is 372 g/mol. The van der Waals surface area contributed by atoms with E-state index in [4.69, 9.17) is 5.73 Å². The molecule has 4 nitrogen and oxygen atoms in total. The van der Waals surface area contributed by atoms with Gasteiger partial charge in [0.25, 0.3) is 0 Å². The number of rotatable bonds is 7. The Labute approximate surface area is 180 Å². The normalized spacial score (nSPS) is 15.9. The Hall–Kier alpha value is -2.62. The van der Waals surface area contributed by atoms with E-state index in [0.29, 0.717) is 32.4 Å². The molecule has 0 unspecified atom stereocenters. The molecular formula is C26H34N2O2. The fourth-order valence-corrected chi connectivity index (χ4v) is 4.74. The van der Waals surface area contributed by atoms with Crippen LogP contribution in [-0.4, -0.2) is 29.8 Å². The first-order chi connectivity index (χ1) is 14.4. The van der Waals surface area contributed by atoms with Crippen LogP contribution in [0, 0.1) is 18.3 Å². The Morgan fingerprint density at radius 3 is 2.10 bits per heavy atom. The second kappa shape index (κ2) is 9.46. The molecule has 30 heavy (non-hydrogen) atoms. The van der Waals surface area contributed by atoms with Gasteiger partial charge in [0.15, 0.2) is 0 Å². The SMILES string of the molecule is CCC(CC)C(=O)N1CCC(Cc2ccccc2-c2ccccc2C)(C(N)=O)CC1. The zero-order valence-electron chi connectivity index (χ0n) is 18.5. The van der Waals surface area contributed by atoms with Gasteiger partial charge in [-0.1, -0.05) is 62.4 Å². The van der Waals surface area contributed by atoms with Crippen molar-refractivity contribution in [1.29, 1.82) is 0 Å². The Morgan fingerprint density at radius 2 is 1.53 bits per heavy atom. The van der Waals surface area contributed by atoms with Crippen LogP contribution in [0.5, 0.6) is 0 Å². The molecule has 1 saturated heterocycles. The van der Waals surface area contributed by atoms with E-state index in [1.165, 1.54) is 11.1 Å². The van der Waals surface area contributed by atoms with Crippen LogP contribution in [0.4, 0.5) is 0 Å². The largest absolute Gasteiger partial charge is 0.369 e. The van der Waals surface area contributed by atoms with Gasteiger partial charge in [-0.3, -0.25) is 9.59 Å². The summed E-state index contributed by atoms with van der Waals surface area (Å²) in [6, 6.07) is 16.6. The van der Waals surface area contributed by atoms with E-state index in [9.17, 15) is 9.59 Å². The number of benzene rings is 2. The number of amides is 2. The predicted molar refractivity (Wildman–Crippen MR) is 122 cm³/mol. The lowest BCUT2D eigenvalue weighted by Crippen LogP contribution is -2.51. The fourth-order valence-electron chi connectivity index (χ4n) is 4.74. The van der Waals surface area contributed by atoms with E-state index in [0.717, 1.165) is 24.0 Å². The van der Waals surface area contributed by atoms with E-state index < -0.39 is 5.41 Å². The highest BCUT2D eigenvalue weighted by Crippen LogP contribution is 2.38. The monoisotopic (exact) mass is 406 g/mol. The smallest absolute Gasteiger partial charge is 0.225 e. The minimum atomic E-state index is -0.608. The molecule has 1 heterocycles. The van der Waals surface area contributed by atoms with Crippen molar-refractivity contribution in [2.45, 2.75) is 52.9 Å². The lowest BCUT2D eigenvalue weighted by atomic mass is 9.72. The number of likely N-dealkylation sites (tertiary alicyclic amines) is 1. The summed E-state index contributed by atoms with van der Waals surface area (Å²) >= 11 is 0. The second-order valence-corrected chi connectivity index (χ2v) is 8.63. The van der Waals surface area contributed by atoms with Crippen molar-refractivity contribution >= 4 is 11.8 Å². The molecule has 0 atom stereocenters. The van der Waals surface area contributed by atoms with Gasteiger partial charge in [-0.2, -0.15) is 0 Å². The molecule has 0 bridgehead atoms. The number of carbonyl (C=O) groups is 2. The molecule has 0 spiro atoms. The van der Waals surface area contributed by atoms with Crippen LogP contribution in [0.3, 0.4) is 0 Å². The molecule has 2 aromatic carbocycles. The van der Waals surface area contributed by atoms with Gasteiger partial charge in [0.1, 0.15) is 0 Å². The third-order valence-corrected chi connectivity index (χ3v) is 6.87. The average molecular weight is 407 g/mol. The minimum absolute atomic E-state index is 0.0767. The van der Waals surface area contributed by atoms with Crippen molar-refractivity contribution in [3.05, 3.63) is 59.7 Å². The Kier molecular flexibility index (Phi) is 6.96. The number of hydrogen-bond acceptors (Lipinski definition) is 2. The van der Waals surface area contributed by atoms with Crippen LogP contribution in [0.2, 0.25) is 0 Å². The Morgan fingerprint density at radius 1 is 0.967 bits per heavy atom. The molecule has 3 rings (SSSR count). The number of nitrogens with zero attached hydrogens (tertiary/aromatic N) is 1. The van der Waals surface area contributed by atoms with Gasteiger partial charge in [-0.25, -0.2) is 0 Å². The number of nitrogens with two attached hydrogens (primary N) is 1. The molecule has 0 saturated carbocycles. The molecule has 1 aliphatic rings. The molecule has 160 valence electrons. The molecule has 1 aliphatic heterocycles. The highest BCUT2D eigenvalue weighted by Gasteiger charge is 2.41. The quantitative estimate of drug-likeness (QED) is 0.722. The van der Waals surface area contributed by atoms with Crippen LogP contribution in [0.1, 0.15) is 50.7 Å². The first kappa shape index (κ1) is 22.1. The van der Waals surface area contributed by atoms with Gasteiger partial charge in [0.2, 0.25) is 11.8 Å². The lowest BCUT2D eigenvalue weighted by Gasteiger charge is -2.41. The standard InChI is InChI=1S/C26H34N2O2/c1-4-20(5-2)24(29)28-16-14-26(15-17-28,25(27)30)18-21-11-7-9-13-23(21)22-12-8-6-10-19(22)3/h6-13,20H,4-5,14-18H2,1-3H3,(H2,27,30). The molecule has 0 aromatic heterocycles. The van der Waals surface area contributed by atoms with Crippen LogP contribution >= 0.6 is 0 Å². The van der Waals surface area contributed by atoms with Gasteiger partial charge in [-0.05, 0) is 61.3 Å². The van der Waals surface area contributed by atoms with Crippen molar-refractivity contribution in [2.75, 3.05) is 13.1 Å². The number of hydrogen-bond donors (Lipinski definition) is 1. The van der Waals surface area contributed by atoms with E-state index in [2.05, 4.69) is 45.0 Å². The van der Waals surface area contributed by atoms with Crippen LogP contribution in [0.15, 0.2) is 48.5 Å². The Balaban J connectivity index is 1.84. The van der Waals surface area contributed by atoms with Crippen molar-refractivity contribution in [3.63, 3.8) is 0 Å². The van der Waals surface area contributed by atoms with Crippen molar-refractivity contribution in [2.24, 2.45) is 17.1 Å². The zero-order chi connectivity index (χ0) is 21.7. The maximum atomic E-state index is 12.8. The first-order valence-corrected chi connectivity index (χ1v) is 11.1. The fraction of sp³-hybridized carbons (Fsp3) is 0.462. The topological polar surface area (TPSA) is 63.4 Å². The average Bonchev–Trinajstić information content (AvgIpc) is 2.76. The number of carbonyl (C=O) groups excluding carboxylic acids is 2. The number of primary amides is 1. The van der Waals surface area contributed by atoms with E-state index in [1.807, 2.05) is 29.2 Å². The summed E-state index contributed by atoms with van der Waals surface area (Å²) in [5.74, 6) is 0.0444. The van der Waals surface area contributed by atoms with Crippen molar-refractivity contribution in [3.8, 4) is 11.1 Å². The van der Waals surface area contributed by atoms with Crippen molar-refractivity contribution < 1.29 is 9.59 Å². The maximum Gasteiger partial charge on any atom is 0.225 e. The summed E-state index contributed by atoms with van der Waals surface area (Å²) in [7, 11) is 0. The van der Waals surface area contributed by atoms with E-state index >= 15 is 0 Å². The van der Waals surface area contributed by atoms with E-state index in [-0.39, 0.29) is 17.7 Å². The molecule has 0 aliphatic carbocycles. The van der Waals surface area contributed by atoms with E-state index in [1.54, 1.807) is 0 Å². The van der Waals surface area contributed by atoms with Crippen LogP contribution in [0.25, 0.3) is 11.1 Å². The van der Waals surface area contributed by atoms with Gasteiger partial charge in [0.05, 0.1) is 5.41 Å². The summed E-state index contributed by atoms with van der Waals surface area (Å²) in [6.45, 7) is 7.44. The third kappa shape index (κ3) is 4.43. The van der Waals surface area contributed by atoms with Crippen LogP contribution in [-0.2, 0) is 16.0 Å². The maximum absolute atomic E-state index is 12.8. The lowest BCUT2D eigenvalue weighted by molar-refractivity contribution is -0.142. The molecule has 2 N–H and O–H groups in total. The molecule has 1 fully saturated rings. The van der Waals surface area contributed by atoms with Gasteiger partial charge >= 0.3 is 0 Å². The summed E-state index contributed by atoms with van der Waals surface area (Å²) in [6.07, 6.45) is 3.57. The molecule has 4 heteroatoms. The summed E-state index contributed by atoms with van der Waals surface area (Å²) < 4.78 is 0. The van der Waals surface area contributed by atoms with Gasteiger partial charge in [-0.15, -0.1) is 0 Å². The highest BCUT2D eigenvalue weighted by molar-refractivity contribution is 5.83. The first-order valence-electron chi connectivity index (χ1n) is 11.1. The third-order valence-electron chi connectivity index (χ3n) is 6.87. The van der Waals surface area contributed by atoms with Gasteiger partial charge in [0, 0.05) is 19.0 Å². The van der Waals surface area contributed by atoms with Gasteiger partial charge < -0.3 is 10.6 Å². The summed E-state index contributed by atoms with van der Waals surface area (Å²) in [5.41, 5.74) is 10.1. The zero-order valence-corrected chi connectivity index (χ0v) is 18.5. The van der Waals surface area contributed by atoms with Crippen molar-refractivity contribution in [1.82, 2.24) is 4.90 Å². The molecule has 2 amide bonds. The molecule has 0 radical (unpaired) electrons. The summed E-state index contributed by atoms with van der Waals surface area (Å²) in [4.78, 5) is 27.4. The summed E-state index contributed by atoms with van der Waals surface area (Å²) in [5, 5.41) is 0.